The zero-order valence-electron chi connectivity index (χ0n) is 16.3. The molecular formula is C19H33F2IN4. The molecule has 1 aromatic rings. The second kappa shape index (κ2) is 14.1. The number of halogens is 3. The van der Waals surface area contributed by atoms with Crippen LogP contribution in [0, 0.1) is 11.6 Å². The van der Waals surface area contributed by atoms with Crippen molar-refractivity contribution < 1.29 is 8.78 Å². The molecule has 7 heteroatoms. The van der Waals surface area contributed by atoms with Gasteiger partial charge in [0.2, 0.25) is 0 Å². The lowest BCUT2D eigenvalue weighted by atomic mass is 10.1. The Morgan fingerprint density at radius 2 is 1.81 bits per heavy atom. The van der Waals surface area contributed by atoms with E-state index in [1.54, 1.807) is 7.05 Å². The van der Waals surface area contributed by atoms with Gasteiger partial charge in [0.15, 0.2) is 5.96 Å². The summed E-state index contributed by atoms with van der Waals surface area (Å²) in [7, 11) is 1.70. The molecule has 0 aliphatic rings. The highest BCUT2D eigenvalue weighted by atomic mass is 127. The average molecular weight is 482 g/mol. The normalized spacial score (nSPS) is 12.7. The smallest absolute Gasteiger partial charge is 0.191 e. The fourth-order valence-electron chi connectivity index (χ4n) is 2.74. The zero-order chi connectivity index (χ0) is 18.7. The molecule has 0 saturated carbocycles. The fraction of sp³-hybridized carbons (Fsp3) is 0.632. The van der Waals surface area contributed by atoms with Crippen molar-refractivity contribution in [3.05, 3.63) is 35.4 Å². The van der Waals surface area contributed by atoms with Gasteiger partial charge >= 0.3 is 0 Å². The Morgan fingerprint density at radius 1 is 1.19 bits per heavy atom. The minimum absolute atomic E-state index is 0. The second-order valence-electron chi connectivity index (χ2n) is 6.16. The van der Waals surface area contributed by atoms with Crippen LogP contribution in [0.2, 0.25) is 0 Å². The van der Waals surface area contributed by atoms with Gasteiger partial charge in [0, 0.05) is 25.2 Å². The molecule has 0 aliphatic carbocycles. The van der Waals surface area contributed by atoms with Crippen molar-refractivity contribution in [1.29, 1.82) is 0 Å². The third-order valence-electron chi connectivity index (χ3n) is 4.34. The Kier molecular flexibility index (Phi) is 13.6. The summed E-state index contributed by atoms with van der Waals surface area (Å²) < 4.78 is 27.2. The summed E-state index contributed by atoms with van der Waals surface area (Å²) in [4.78, 5) is 6.58. The number of hydrogen-bond donors (Lipinski definition) is 2. The third kappa shape index (κ3) is 9.12. The van der Waals surface area contributed by atoms with Gasteiger partial charge in [0.1, 0.15) is 11.6 Å². The van der Waals surface area contributed by atoms with E-state index in [0.29, 0.717) is 12.5 Å². The molecule has 1 aromatic carbocycles. The fourth-order valence-corrected chi connectivity index (χ4v) is 2.74. The Labute approximate surface area is 173 Å². The lowest BCUT2D eigenvalue weighted by Gasteiger charge is -2.21. The minimum atomic E-state index is -0.505. The molecule has 0 saturated heterocycles. The maximum atomic E-state index is 13.6. The van der Waals surface area contributed by atoms with Crippen LogP contribution in [-0.2, 0) is 6.42 Å². The van der Waals surface area contributed by atoms with Crippen molar-refractivity contribution in [3.63, 3.8) is 0 Å². The standard InChI is InChI=1S/C19H32F2N4.HI/c1-5-25(6-2)14-8-9-15(3)24-19(22-4)23-13-12-16-17(20)10-7-11-18(16)21;/h7,10-11,15H,5-6,8-9,12-14H2,1-4H3,(H2,22,23,24);1H. The first-order valence-electron chi connectivity index (χ1n) is 9.14. The third-order valence-corrected chi connectivity index (χ3v) is 4.34. The van der Waals surface area contributed by atoms with Crippen LogP contribution in [0.4, 0.5) is 8.78 Å². The average Bonchev–Trinajstić information content (AvgIpc) is 2.60. The van der Waals surface area contributed by atoms with Crippen LogP contribution in [0.3, 0.4) is 0 Å². The van der Waals surface area contributed by atoms with E-state index in [2.05, 4.69) is 41.3 Å². The van der Waals surface area contributed by atoms with Gasteiger partial charge in [0.05, 0.1) is 0 Å². The quantitative estimate of drug-likeness (QED) is 0.303. The highest BCUT2D eigenvalue weighted by molar-refractivity contribution is 14.0. The summed E-state index contributed by atoms with van der Waals surface area (Å²) in [6.45, 7) is 10.1. The van der Waals surface area contributed by atoms with Gasteiger partial charge < -0.3 is 15.5 Å². The maximum Gasteiger partial charge on any atom is 0.191 e. The number of guanidine groups is 1. The lowest BCUT2D eigenvalue weighted by molar-refractivity contribution is 0.292. The Balaban J connectivity index is 0.00000625. The topological polar surface area (TPSA) is 39.7 Å². The predicted molar refractivity (Wildman–Crippen MR) is 116 cm³/mol. The molecule has 1 atom stereocenters. The van der Waals surface area contributed by atoms with E-state index in [1.807, 2.05) is 0 Å². The van der Waals surface area contributed by atoms with Crippen LogP contribution >= 0.6 is 24.0 Å². The molecule has 0 amide bonds. The maximum absolute atomic E-state index is 13.6. The van der Waals surface area contributed by atoms with Crippen LogP contribution in [0.1, 0.15) is 39.2 Å². The van der Waals surface area contributed by atoms with Crippen molar-refractivity contribution in [2.45, 2.75) is 46.1 Å². The van der Waals surface area contributed by atoms with Crippen molar-refractivity contribution in [2.75, 3.05) is 33.2 Å². The molecule has 1 unspecified atom stereocenters. The van der Waals surface area contributed by atoms with Gasteiger partial charge in [-0.1, -0.05) is 19.9 Å². The highest BCUT2D eigenvalue weighted by Crippen LogP contribution is 2.12. The van der Waals surface area contributed by atoms with E-state index in [-0.39, 0.29) is 42.0 Å². The molecular weight excluding hydrogens is 449 g/mol. The number of nitrogens with one attached hydrogen (secondary N) is 2. The van der Waals surface area contributed by atoms with Crippen molar-refractivity contribution in [2.24, 2.45) is 4.99 Å². The molecule has 0 fully saturated rings. The summed E-state index contributed by atoms with van der Waals surface area (Å²) >= 11 is 0. The van der Waals surface area contributed by atoms with E-state index in [1.165, 1.54) is 18.2 Å². The summed E-state index contributed by atoms with van der Waals surface area (Å²) in [6, 6.07) is 4.22. The summed E-state index contributed by atoms with van der Waals surface area (Å²) in [5.41, 5.74) is 0.109. The van der Waals surface area contributed by atoms with Crippen LogP contribution in [0.15, 0.2) is 23.2 Å². The molecule has 26 heavy (non-hydrogen) atoms. The monoisotopic (exact) mass is 482 g/mol. The van der Waals surface area contributed by atoms with E-state index in [9.17, 15) is 8.78 Å². The zero-order valence-corrected chi connectivity index (χ0v) is 18.6. The van der Waals surface area contributed by atoms with Crippen molar-refractivity contribution in [3.8, 4) is 0 Å². The largest absolute Gasteiger partial charge is 0.356 e. The molecule has 0 heterocycles. The lowest BCUT2D eigenvalue weighted by Crippen LogP contribution is -2.43. The van der Waals surface area contributed by atoms with Crippen molar-refractivity contribution >= 4 is 29.9 Å². The van der Waals surface area contributed by atoms with Crippen LogP contribution in [-0.4, -0.2) is 50.1 Å². The van der Waals surface area contributed by atoms with E-state index in [0.717, 1.165) is 32.5 Å². The molecule has 1 rings (SSSR count). The molecule has 4 nitrogen and oxygen atoms in total. The summed E-state index contributed by atoms with van der Waals surface area (Å²) in [5, 5.41) is 6.44. The van der Waals surface area contributed by atoms with Gasteiger partial charge in [-0.2, -0.15) is 0 Å². The SMILES string of the molecule is CCN(CC)CCCC(C)NC(=NC)NCCc1c(F)cccc1F.I. The Bertz CT molecular complexity index is 516. The molecule has 0 spiro atoms. The van der Waals surface area contributed by atoms with Gasteiger partial charge in [-0.3, -0.25) is 4.99 Å². The van der Waals surface area contributed by atoms with E-state index in [4.69, 9.17) is 0 Å². The molecule has 0 aromatic heterocycles. The van der Waals surface area contributed by atoms with E-state index < -0.39 is 11.6 Å². The first-order valence-corrected chi connectivity index (χ1v) is 9.14. The molecule has 2 N–H and O–H groups in total. The first kappa shape index (κ1) is 25.0. The minimum Gasteiger partial charge on any atom is -0.356 e. The van der Waals surface area contributed by atoms with Gasteiger partial charge in [0.25, 0.3) is 0 Å². The molecule has 150 valence electrons. The highest BCUT2D eigenvalue weighted by Gasteiger charge is 2.09. The number of aliphatic imine (C=N–C) groups is 1. The van der Waals surface area contributed by atoms with Gasteiger partial charge in [-0.05, 0) is 58.0 Å². The number of nitrogens with zero attached hydrogens (tertiary/aromatic N) is 2. The summed E-state index contributed by atoms with van der Waals surface area (Å²) in [5.74, 6) is -0.351. The van der Waals surface area contributed by atoms with Crippen LogP contribution in [0.25, 0.3) is 0 Å². The first-order chi connectivity index (χ1) is 12.0. The van der Waals surface area contributed by atoms with E-state index >= 15 is 0 Å². The molecule has 0 radical (unpaired) electrons. The van der Waals surface area contributed by atoms with Crippen LogP contribution in [0.5, 0.6) is 0 Å². The Morgan fingerprint density at radius 3 is 2.35 bits per heavy atom. The van der Waals surface area contributed by atoms with Gasteiger partial charge in [-0.15, -0.1) is 24.0 Å². The molecule has 0 aliphatic heterocycles. The van der Waals surface area contributed by atoms with Crippen molar-refractivity contribution in [1.82, 2.24) is 15.5 Å². The predicted octanol–water partition coefficient (Wildman–Crippen LogP) is 3.80. The Hall–Kier alpha value is -0.960. The number of hydrogen-bond acceptors (Lipinski definition) is 2. The van der Waals surface area contributed by atoms with Gasteiger partial charge in [-0.25, -0.2) is 8.78 Å². The van der Waals surface area contributed by atoms with Crippen LogP contribution < -0.4 is 10.6 Å². The molecule has 0 bridgehead atoms. The number of benzene rings is 1. The second-order valence-corrected chi connectivity index (χ2v) is 6.16. The number of rotatable bonds is 10. The summed E-state index contributed by atoms with van der Waals surface area (Å²) in [6.07, 6.45) is 2.43.